The molecule has 0 aliphatic carbocycles. The second-order valence-corrected chi connectivity index (χ2v) is 5.75. The van der Waals surface area contributed by atoms with Gasteiger partial charge in [-0.1, -0.05) is 32.0 Å². The molecule has 1 amide bonds. The molecule has 2 rings (SSSR count). The number of carbonyl (C=O) groups is 1. The fourth-order valence-electron chi connectivity index (χ4n) is 2.41. The molecule has 0 spiro atoms. The van der Waals surface area contributed by atoms with Crippen LogP contribution in [-0.4, -0.2) is 28.2 Å². The molecule has 0 bridgehead atoms. The van der Waals surface area contributed by atoms with Gasteiger partial charge >= 0.3 is 0 Å². The third-order valence-corrected chi connectivity index (χ3v) is 3.84. The van der Waals surface area contributed by atoms with Gasteiger partial charge in [0.25, 0.3) is 0 Å². The number of rotatable bonds is 6. The number of carbonyl (C=O) groups excluding carboxylic acids is 1. The number of aliphatic hydroxyl groups excluding tert-OH is 1. The summed E-state index contributed by atoms with van der Waals surface area (Å²) in [6.07, 6.45) is 1.90. The summed E-state index contributed by atoms with van der Waals surface area (Å²) in [5.74, 6) is 0.0982. The molecule has 1 aromatic carbocycles. The summed E-state index contributed by atoms with van der Waals surface area (Å²) >= 11 is 0. The lowest BCUT2D eigenvalue weighted by molar-refractivity contribution is -0.121. The van der Waals surface area contributed by atoms with Crippen molar-refractivity contribution in [2.24, 2.45) is 5.92 Å². The summed E-state index contributed by atoms with van der Waals surface area (Å²) in [7, 11) is 0. The lowest BCUT2D eigenvalue weighted by Crippen LogP contribution is -2.35. The Morgan fingerprint density at radius 3 is 2.71 bits per heavy atom. The summed E-state index contributed by atoms with van der Waals surface area (Å²) < 4.78 is 2.15. The smallest absolute Gasteiger partial charge is 0.224 e. The molecule has 4 nitrogen and oxygen atoms in total. The van der Waals surface area contributed by atoms with E-state index < -0.39 is 6.10 Å². The van der Waals surface area contributed by atoms with Crippen molar-refractivity contribution in [2.75, 3.05) is 6.54 Å². The quantitative estimate of drug-likeness (QED) is 0.857. The topological polar surface area (TPSA) is 54.3 Å². The van der Waals surface area contributed by atoms with Crippen LogP contribution < -0.4 is 5.32 Å². The number of nitrogens with zero attached hydrogens (tertiary/aromatic N) is 1. The zero-order chi connectivity index (χ0) is 15.4. The molecular weight excluding hydrogens is 264 g/mol. The van der Waals surface area contributed by atoms with Gasteiger partial charge in [0, 0.05) is 30.2 Å². The maximum atomic E-state index is 12.0. The number of nitrogens with one attached hydrogen (secondary N) is 1. The normalized spacial score (nSPS) is 12.8. The number of benzene rings is 1. The van der Waals surface area contributed by atoms with Crippen LogP contribution in [0.15, 0.2) is 30.5 Å². The van der Waals surface area contributed by atoms with Crippen molar-refractivity contribution in [1.82, 2.24) is 9.88 Å². The Labute approximate surface area is 125 Å². The first kappa shape index (κ1) is 15.6. The Balaban J connectivity index is 2.08. The van der Waals surface area contributed by atoms with Crippen molar-refractivity contribution in [2.45, 2.75) is 39.8 Å². The average Bonchev–Trinajstić information content (AvgIpc) is 2.83. The van der Waals surface area contributed by atoms with Gasteiger partial charge in [-0.25, -0.2) is 0 Å². The Bertz CT molecular complexity index is 616. The highest BCUT2D eigenvalue weighted by atomic mass is 16.3. The minimum Gasteiger partial charge on any atom is -0.391 e. The first-order chi connectivity index (χ1) is 10.0. The lowest BCUT2D eigenvalue weighted by atomic mass is 10.1. The van der Waals surface area contributed by atoms with E-state index in [1.807, 2.05) is 38.2 Å². The second kappa shape index (κ2) is 6.76. The molecule has 1 unspecified atom stereocenters. The van der Waals surface area contributed by atoms with E-state index in [0.29, 0.717) is 13.0 Å². The molecule has 2 aromatic rings. The minimum absolute atomic E-state index is 0.0475. The molecule has 1 heterocycles. The van der Waals surface area contributed by atoms with E-state index in [1.165, 1.54) is 0 Å². The third-order valence-electron chi connectivity index (χ3n) is 3.84. The number of hydrogen-bond acceptors (Lipinski definition) is 2. The van der Waals surface area contributed by atoms with E-state index in [-0.39, 0.29) is 11.8 Å². The van der Waals surface area contributed by atoms with Crippen molar-refractivity contribution in [3.63, 3.8) is 0 Å². The Morgan fingerprint density at radius 2 is 2.05 bits per heavy atom. The molecule has 1 atom stereocenters. The molecule has 0 radical (unpaired) electrons. The standard InChI is InChI=1S/C17H24N2O2/c1-4-19-11-13(14-7-5-6-8-15(14)19)9-17(21)18-10-16(20)12(2)3/h5-8,11-12,16,20H,4,9-10H2,1-3H3,(H,18,21). The first-order valence-corrected chi connectivity index (χ1v) is 7.54. The van der Waals surface area contributed by atoms with Crippen LogP contribution in [0.4, 0.5) is 0 Å². The number of aryl methyl sites for hydroxylation is 1. The second-order valence-electron chi connectivity index (χ2n) is 5.75. The van der Waals surface area contributed by atoms with E-state index in [1.54, 1.807) is 0 Å². The van der Waals surface area contributed by atoms with Gasteiger partial charge in [0.05, 0.1) is 12.5 Å². The van der Waals surface area contributed by atoms with Crippen LogP contribution in [0.1, 0.15) is 26.3 Å². The van der Waals surface area contributed by atoms with Crippen LogP contribution >= 0.6 is 0 Å². The van der Waals surface area contributed by atoms with Gasteiger partial charge in [0.15, 0.2) is 0 Å². The Morgan fingerprint density at radius 1 is 1.33 bits per heavy atom. The maximum absolute atomic E-state index is 12.0. The molecular formula is C17H24N2O2. The highest BCUT2D eigenvalue weighted by Gasteiger charge is 2.13. The molecule has 1 aromatic heterocycles. The van der Waals surface area contributed by atoms with E-state index in [2.05, 4.69) is 22.9 Å². The van der Waals surface area contributed by atoms with Gasteiger partial charge in [-0.05, 0) is 24.5 Å². The number of fused-ring (bicyclic) bond motifs is 1. The zero-order valence-electron chi connectivity index (χ0n) is 13.0. The number of para-hydroxylation sites is 1. The van der Waals surface area contributed by atoms with Crippen LogP contribution in [0.5, 0.6) is 0 Å². The molecule has 0 aliphatic heterocycles. The molecule has 0 saturated carbocycles. The number of amides is 1. The van der Waals surface area contributed by atoms with Crippen LogP contribution in [0, 0.1) is 5.92 Å². The summed E-state index contributed by atoms with van der Waals surface area (Å²) in [5.41, 5.74) is 2.19. The van der Waals surface area contributed by atoms with Crippen molar-refractivity contribution in [1.29, 1.82) is 0 Å². The lowest BCUT2D eigenvalue weighted by Gasteiger charge is -2.14. The summed E-state index contributed by atoms with van der Waals surface area (Å²) in [6, 6.07) is 8.12. The van der Waals surface area contributed by atoms with Crippen LogP contribution in [0.25, 0.3) is 10.9 Å². The van der Waals surface area contributed by atoms with Crippen LogP contribution in [0.2, 0.25) is 0 Å². The average molecular weight is 288 g/mol. The van der Waals surface area contributed by atoms with Crippen molar-refractivity contribution in [3.05, 3.63) is 36.0 Å². The van der Waals surface area contributed by atoms with Crippen molar-refractivity contribution in [3.8, 4) is 0 Å². The van der Waals surface area contributed by atoms with Crippen LogP contribution in [0.3, 0.4) is 0 Å². The summed E-state index contributed by atoms with van der Waals surface area (Å²) in [6.45, 7) is 7.16. The summed E-state index contributed by atoms with van der Waals surface area (Å²) in [4.78, 5) is 12.0. The molecule has 2 N–H and O–H groups in total. The third kappa shape index (κ3) is 3.64. The fraction of sp³-hybridized carbons (Fsp3) is 0.471. The maximum Gasteiger partial charge on any atom is 0.224 e. The van der Waals surface area contributed by atoms with E-state index >= 15 is 0 Å². The predicted molar refractivity (Wildman–Crippen MR) is 85.2 cm³/mol. The Kier molecular flexibility index (Phi) is 5.02. The molecule has 4 heteroatoms. The van der Waals surface area contributed by atoms with Crippen molar-refractivity contribution >= 4 is 16.8 Å². The van der Waals surface area contributed by atoms with Gasteiger partial charge in [-0.15, -0.1) is 0 Å². The number of aliphatic hydroxyl groups is 1. The van der Waals surface area contributed by atoms with Crippen molar-refractivity contribution < 1.29 is 9.90 Å². The van der Waals surface area contributed by atoms with Gasteiger partial charge in [0.1, 0.15) is 0 Å². The predicted octanol–water partition coefficient (Wildman–Crippen LogP) is 2.34. The van der Waals surface area contributed by atoms with E-state index in [0.717, 1.165) is 23.0 Å². The van der Waals surface area contributed by atoms with Gasteiger partial charge < -0.3 is 15.0 Å². The SMILES string of the molecule is CCn1cc(CC(=O)NCC(O)C(C)C)c2ccccc21. The van der Waals surface area contributed by atoms with Gasteiger partial charge in [0.2, 0.25) is 5.91 Å². The molecule has 0 aliphatic rings. The molecule has 0 saturated heterocycles. The summed E-state index contributed by atoms with van der Waals surface area (Å²) in [5, 5.41) is 13.7. The number of aromatic nitrogens is 1. The van der Waals surface area contributed by atoms with Crippen LogP contribution in [-0.2, 0) is 17.8 Å². The highest BCUT2D eigenvalue weighted by Crippen LogP contribution is 2.21. The number of hydrogen-bond donors (Lipinski definition) is 2. The zero-order valence-corrected chi connectivity index (χ0v) is 13.0. The Hall–Kier alpha value is -1.81. The first-order valence-electron chi connectivity index (χ1n) is 7.54. The molecule has 114 valence electrons. The van der Waals surface area contributed by atoms with Gasteiger partial charge in [-0.3, -0.25) is 4.79 Å². The highest BCUT2D eigenvalue weighted by molar-refractivity contribution is 5.89. The fourth-order valence-corrected chi connectivity index (χ4v) is 2.41. The molecule has 21 heavy (non-hydrogen) atoms. The minimum atomic E-state index is -0.495. The molecule has 0 fully saturated rings. The van der Waals surface area contributed by atoms with E-state index in [9.17, 15) is 9.90 Å². The monoisotopic (exact) mass is 288 g/mol. The van der Waals surface area contributed by atoms with Gasteiger partial charge in [-0.2, -0.15) is 0 Å². The van der Waals surface area contributed by atoms with E-state index in [4.69, 9.17) is 0 Å². The largest absolute Gasteiger partial charge is 0.391 e.